The van der Waals surface area contributed by atoms with Gasteiger partial charge in [0, 0.05) is 12.2 Å². The molecular weight excluding hydrogens is 146 g/mol. The number of hydrogen-bond acceptors (Lipinski definition) is 1. The standard InChI is InChI=1S/C11H15N/c1-2-10-8-5-9-12(10)11-6-3-4-7-11/h2-4,6-7,11H,5,8-9H2,1H3. The Balaban J connectivity index is 2.12. The summed E-state index contributed by atoms with van der Waals surface area (Å²) in [6, 6.07) is 0.540. The first-order chi connectivity index (χ1) is 5.92. The molecule has 1 saturated heterocycles. The van der Waals surface area contributed by atoms with E-state index in [4.69, 9.17) is 0 Å². The summed E-state index contributed by atoms with van der Waals surface area (Å²) in [5.41, 5.74) is 1.51. The normalized spacial score (nSPS) is 26.4. The van der Waals surface area contributed by atoms with E-state index in [1.807, 2.05) is 0 Å². The minimum atomic E-state index is 0.540. The molecule has 0 radical (unpaired) electrons. The Labute approximate surface area is 74.1 Å². The lowest BCUT2D eigenvalue weighted by atomic mass is 10.2. The van der Waals surface area contributed by atoms with Crippen molar-refractivity contribution in [3.05, 3.63) is 36.1 Å². The lowest BCUT2D eigenvalue weighted by Gasteiger charge is -2.24. The molecule has 0 aromatic heterocycles. The van der Waals surface area contributed by atoms with E-state index in [1.165, 1.54) is 25.1 Å². The van der Waals surface area contributed by atoms with E-state index in [9.17, 15) is 0 Å². The predicted octanol–water partition coefficient (Wildman–Crippen LogP) is 2.48. The molecule has 1 nitrogen and oxygen atoms in total. The molecule has 0 N–H and O–H groups in total. The zero-order valence-electron chi connectivity index (χ0n) is 7.53. The van der Waals surface area contributed by atoms with Gasteiger partial charge in [-0.05, 0) is 19.8 Å². The van der Waals surface area contributed by atoms with Gasteiger partial charge in [0.25, 0.3) is 0 Å². The van der Waals surface area contributed by atoms with E-state index in [1.54, 1.807) is 0 Å². The topological polar surface area (TPSA) is 3.24 Å². The van der Waals surface area contributed by atoms with Crippen molar-refractivity contribution in [3.63, 3.8) is 0 Å². The summed E-state index contributed by atoms with van der Waals surface area (Å²) in [5.74, 6) is 0. The van der Waals surface area contributed by atoms with Crippen LogP contribution >= 0.6 is 0 Å². The maximum absolute atomic E-state index is 2.49. The van der Waals surface area contributed by atoms with Crippen LogP contribution in [0.4, 0.5) is 0 Å². The van der Waals surface area contributed by atoms with Gasteiger partial charge in [-0.3, -0.25) is 0 Å². The summed E-state index contributed by atoms with van der Waals surface area (Å²) < 4.78 is 0. The van der Waals surface area contributed by atoms with Crippen LogP contribution in [-0.2, 0) is 0 Å². The van der Waals surface area contributed by atoms with E-state index in [2.05, 4.69) is 42.2 Å². The fraction of sp³-hybridized carbons (Fsp3) is 0.455. The molecule has 2 rings (SSSR count). The third-order valence-corrected chi connectivity index (χ3v) is 2.62. The molecule has 0 aromatic rings. The zero-order chi connectivity index (χ0) is 8.39. The van der Waals surface area contributed by atoms with Crippen LogP contribution < -0.4 is 0 Å². The Bertz CT molecular complexity index is 236. The van der Waals surface area contributed by atoms with Crippen molar-refractivity contribution in [3.8, 4) is 0 Å². The molecule has 0 spiro atoms. The SMILES string of the molecule is CC=C1CCCN1C1C=CC=C1. The molecule has 1 heterocycles. The number of rotatable bonds is 1. The van der Waals surface area contributed by atoms with Gasteiger partial charge in [0.2, 0.25) is 0 Å². The van der Waals surface area contributed by atoms with Crippen LogP contribution in [0.1, 0.15) is 19.8 Å². The second-order valence-corrected chi connectivity index (χ2v) is 3.34. The largest absolute Gasteiger partial charge is 0.365 e. The molecule has 0 atom stereocenters. The second-order valence-electron chi connectivity index (χ2n) is 3.34. The molecular formula is C11H15N. The first-order valence-electron chi connectivity index (χ1n) is 4.68. The first kappa shape index (κ1) is 7.66. The summed E-state index contributed by atoms with van der Waals surface area (Å²) in [5, 5.41) is 0. The van der Waals surface area contributed by atoms with Gasteiger partial charge in [-0.1, -0.05) is 30.4 Å². The van der Waals surface area contributed by atoms with Crippen LogP contribution in [0.5, 0.6) is 0 Å². The lowest BCUT2D eigenvalue weighted by Crippen LogP contribution is -2.26. The molecule has 0 aromatic carbocycles. The van der Waals surface area contributed by atoms with Crippen LogP contribution in [0.25, 0.3) is 0 Å². The summed E-state index contributed by atoms with van der Waals surface area (Å²) in [6.45, 7) is 3.36. The van der Waals surface area contributed by atoms with Crippen LogP contribution in [0.3, 0.4) is 0 Å². The van der Waals surface area contributed by atoms with Gasteiger partial charge >= 0.3 is 0 Å². The minimum Gasteiger partial charge on any atom is -0.365 e. The molecule has 12 heavy (non-hydrogen) atoms. The fourth-order valence-corrected chi connectivity index (χ4v) is 2.00. The summed E-state index contributed by atoms with van der Waals surface area (Å²) in [6.07, 6.45) is 13.6. The van der Waals surface area contributed by atoms with Gasteiger partial charge in [0.15, 0.2) is 0 Å². The van der Waals surface area contributed by atoms with Gasteiger partial charge in [0.1, 0.15) is 0 Å². The first-order valence-corrected chi connectivity index (χ1v) is 4.68. The Kier molecular flexibility index (Phi) is 2.03. The van der Waals surface area contributed by atoms with Crippen molar-refractivity contribution in [1.29, 1.82) is 0 Å². The van der Waals surface area contributed by atoms with E-state index < -0.39 is 0 Å². The summed E-state index contributed by atoms with van der Waals surface area (Å²) in [4.78, 5) is 2.49. The fourth-order valence-electron chi connectivity index (χ4n) is 2.00. The molecule has 1 aliphatic carbocycles. The minimum absolute atomic E-state index is 0.540. The van der Waals surface area contributed by atoms with Crippen LogP contribution in [0.15, 0.2) is 36.1 Å². The summed E-state index contributed by atoms with van der Waals surface area (Å²) >= 11 is 0. The molecule has 0 bridgehead atoms. The summed E-state index contributed by atoms with van der Waals surface area (Å²) in [7, 11) is 0. The van der Waals surface area contributed by atoms with E-state index in [0.29, 0.717) is 6.04 Å². The number of hydrogen-bond donors (Lipinski definition) is 0. The smallest absolute Gasteiger partial charge is 0.0660 e. The maximum Gasteiger partial charge on any atom is 0.0660 e. The Morgan fingerprint density at radius 1 is 1.42 bits per heavy atom. The molecule has 2 aliphatic rings. The van der Waals surface area contributed by atoms with Crippen molar-refractivity contribution in [2.75, 3.05) is 6.54 Å². The van der Waals surface area contributed by atoms with Crippen LogP contribution in [0, 0.1) is 0 Å². The quantitative estimate of drug-likeness (QED) is 0.571. The monoisotopic (exact) mass is 161 g/mol. The zero-order valence-corrected chi connectivity index (χ0v) is 7.53. The van der Waals surface area contributed by atoms with Crippen molar-refractivity contribution < 1.29 is 0 Å². The van der Waals surface area contributed by atoms with Crippen molar-refractivity contribution in [1.82, 2.24) is 4.90 Å². The molecule has 0 saturated carbocycles. The van der Waals surface area contributed by atoms with Crippen molar-refractivity contribution in [2.24, 2.45) is 0 Å². The second kappa shape index (κ2) is 3.18. The van der Waals surface area contributed by atoms with Crippen LogP contribution in [0.2, 0.25) is 0 Å². The van der Waals surface area contributed by atoms with Gasteiger partial charge in [-0.15, -0.1) is 0 Å². The molecule has 1 aliphatic heterocycles. The van der Waals surface area contributed by atoms with Gasteiger partial charge in [-0.2, -0.15) is 0 Å². The highest BCUT2D eigenvalue weighted by molar-refractivity contribution is 5.25. The number of likely N-dealkylation sites (tertiary alicyclic amines) is 1. The average Bonchev–Trinajstić information content (AvgIpc) is 2.74. The van der Waals surface area contributed by atoms with Crippen LogP contribution in [-0.4, -0.2) is 17.5 Å². The van der Waals surface area contributed by atoms with E-state index in [-0.39, 0.29) is 0 Å². The highest BCUT2D eigenvalue weighted by Crippen LogP contribution is 2.25. The van der Waals surface area contributed by atoms with Gasteiger partial charge in [0.05, 0.1) is 6.04 Å². The lowest BCUT2D eigenvalue weighted by molar-refractivity contribution is 0.378. The molecule has 0 amide bonds. The molecule has 1 heteroatoms. The third-order valence-electron chi connectivity index (χ3n) is 2.62. The van der Waals surface area contributed by atoms with Crippen molar-refractivity contribution >= 4 is 0 Å². The van der Waals surface area contributed by atoms with Crippen molar-refractivity contribution in [2.45, 2.75) is 25.8 Å². The molecule has 1 fully saturated rings. The highest BCUT2D eigenvalue weighted by atomic mass is 15.2. The third kappa shape index (κ3) is 1.20. The number of allylic oxidation sites excluding steroid dienone is 4. The Hall–Kier alpha value is -0.980. The predicted molar refractivity (Wildman–Crippen MR) is 51.8 cm³/mol. The van der Waals surface area contributed by atoms with E-state index >= 15 is 0 Å². The Morgan fingerprint density at radius 2 is 2.17 bits per heavy atom. The molecule has 64 valence electrons. The van der Waals surface area contributed by atoms with Gasteiger partial charge < -0.3 is 4.90 Å². The maximum atomic E-state index is 2.49. The molecule has 0 unspecified atom stereocenters. The Morgan fingerprint density at radius 3 is 2.83 bits per heavy atom. The van der Waals surface area contributed by atoms with Gasteiger partial charge in [-0.25, -0.2) is 0 Å². The average molecular weight is 161 g/mol. The number of nitrogens with zero attached hydrogens (tertiary/aromatic N) is 1. The highest BCUT2D eigenvalue weighted by Gasteiger charge is 2.21. The van der Waals surface area contributed by atoms with E-state index in [0.717, 1.165) is 0 Å².